The lowest BCUT2D eigenvalue weighted by Gasteiger charge is -2.23. The van der Waals surface area contributed by atoms with Crippen molar-refractivity contribution in [1.29, 1.82) is 0 Å². The summed E-state index contributed by atoms with van der Waals surface area (Å²) in [7, 11) is 0. The molecule has 0 bridgehead atoms. The Morgan fingerprint density at radius 1 is 1.57 bits per heavy atom. The standard InChI is InChI=1S/C6H7F/c1-2-5-3-6(7)4-5/h1,5-6H,3-4H2. The van der Waals surface area contributed by atoms with E-state index in [0.29, 0.717) is 12.8 Å². The average Bonchev–Trinajstić information content (AvgIpc) is 1.58. The largest absolute Gasteiger partial charge is 0.247 e. The molecule has 1 saturated carbocycles. The first kappa shape index (κ1) is 4.64. The van der Waals surface area contributed by atoms with E-state index in [4.69, 9.17) is 6.42 Å². The van der Waals surface area contributed by atoms with Crippen molar-refractivity contribution >= 4 is 0 Å². The Morgan fingerprint density at radius 2 is 2.14 bits per heavy atom. The summed E-state index contributed by atoms with van der Waals surface area (Å²) in [4.78, 5) is 0. The maximum absolute atomic E-state index is 11.9. The smallest absolute Gasteiger partial charge is 0.102 e. The lowest BCUT2D eigenvalue weighted by atomic mass is 9.84. The van der Waals surface area contributed by atoms with Crippen molar-refractivity contribution < 1.29 is 4.39 Å². The second kappa shape index (κ2) is 1.54. The highest BCUT2D eigenvalue weighted by molar-refractivity contribution is 5.00. The average molecular weight is 98.1 g/mol. The molecule has 0 N–H and O–H groups in total. The summed E-state index contributed by atoms with van der Waals surface area (Å²) in [6.45, 7) is 0. The third-order valence-electron chi connectivity index (χ3n) is 1.32. The van der Waals surface area contributed by atoms with Crippen LogP contribution in [0.15, 0.2) is 0 Å². The highest BCUT2D eigenvalue weighted by Crippen LogP contribution is 2.28. The fourth-order valence-corrected chi connectivity index (χ4v) is 0.684. The van der Waals surface area contributed by atoms with Crippen molar-refractivity contribution in [2.45, 2.75) is 19.0 Å². The van der Waals surface area contributed by atoms with Gasteiger partial charge >= 0.3 is 0 Å². The quantitative estimate of drug-likeness (QED) is 0.401. The van der Waals surface area contributed by atoms with Crippen LogP contribution < -0.4 is 0 Å². The molecule has 0 heterocycles. The Bertz CT molecular complexity index is 95.2. The Balaban J connectivity index is 2.21. The molecule has 1 heteroatoms. The molecule has 0 unspecified atom stereocenters. The molecule has 0 nitrogen and oxygen atoms in total. The van der Waals surface area contributed by atoms with Gasteiger partial charge in [-0.2, -0.15) is 0 Å². The number of hydrogen-bond donors (Lipinski definition) is 0. The number of rotatable bonds is 0. The van der Waals surface area contributed by atoms with Crippen LogP contribution in [0.2, 0.25) is 0 Å². The van der Waals surface area contributed by atoms with Gasteiger partial charge in [-0.25, -0.2) is 4.39 Å². The molecule has 1 rings (SSSR count). The van der Waals surface area contributed by atoms with E-state index in [0.717, 1.165) is 0 Å². The van der Waals surface area contributed by atoms with E-state index in [1.165, 1.54) is 0 Å². The first-order chi connectivity index (χ1) is 3.33. The highest BCUT2D eigenvalue weighted by atomic mass is 19.1. The molecule has 0 spiro atoms. The van der Waals surface area contributed by atoms with E-state index in [1.807, 2.05) is 0 Å². The molecule has 0 aliphatic heterocycles. The molecule has 0 aromatic carbocycles. The zero-order valence-corrected chi connectivity index (χ0v) is 4.02. The Kier molecular flexibility index (Phi) is 1.02. The van der Waals surface area contributed by atoms with Gasteiger partial charge in [0.1, 0.15) is 6.17 Å². The molecule has 0 radical (unpaired) electrons. The SMILES string of the molecule is C#CC1CC(F)C1. The maximum Gasteiger partial charge on any atom is 0.102 e. The van der Waals surface area contributed by atoms with E-state index >= 15 is 0 Å². The van der Waals surface area contributed by atoms with Crippen LogP contribution in [0.4, 0.5) is 4.39 Å². The molecule has 0 saturated heterocycles. The predicted octanol–water partition coefficient (Wildman–Crippen LogP) is 1.37. The van der Waals surface area contributed by atoms with Gasteiger partial charge in [0.2, 0.25) is 0 Å². The molecule has 38 valence electrons. The summed E-state index contributed by atoms with van der Waals surface area (Å²) < 4.78 is 11.9. The van der Waals surface area contributed by atoms with Crippen LogP contribution in [0.5, 0.6) is 0 Å². The number of alkyl halides is 1. The van der Waals surface area contributed by atoms with E-state index < -0.39 is 6.17 Å². The van der Waals surface area contributed by atoms with Crippen molar-refractivity contribution in [3.8, 4) is 12.3 Å². The first-order valence-corrected chi connectivity index (χ1v) is 2.43. The Hall–Kier alpha value is -0.510. The molecule has 1 aliphatic rings. The second-order valence-electron chi connectivity index (χ2n) is 1.93. The number of halogens is 1. The van der Waals surface area contributed by atoms with E-state index in [2.05, 4.69) is 5.92 Å². The minimum absolute atomic E-state index is 0.245. The molecule has 0 aromatic heterocycles. The maximum atomic E-state index is 11.9. The number of hydrogen-bond acceptors (Lipinski definition) is 0. The number of terminal acetylenes is 1. The summed E-state index contributed by atoms with van der Waals surface area (Å²) >= 11 is 0. The fourth-order valence-electron chi connectivity index (χ4n) is 0.684. The molecule has 0 aromatic rings. The second-order valence-corrected chi connectivity index (χ2v) is 1.93. The van der Waals surface area contributed by atoms with Gasteiger partial charge in [-0.15, -0.1) is 12.3 Å². The van der Waals surface area contributed by atoms with Crippen molar-refractivity contribution in [2.24, 2.45) is 5.92 Å². The minimum Gasteiger partial charge on any atom is -0.247 e. The van der Waals surface area contributed by atoms with Gasteiger partial charge in [0.05, 0.1) is 0 Å². The highest BCUT2D eigenvalue weighted by Gasteiger charge is 2.26. The summed E-state index contributed by atoms with van der Waals surface area (Å²) in [5.41, 5.74) is 0. The normalized spacial score (nSPS) is 38.9. The van der Waals surface area contributed by atoms with Gasteiger partial charge in [-0.3, -0.25) is 0 Å². The molecular formula is C6H7F. The van der Waals surface area contributed by atoms with Crippen LogP contribution in [0, 0.1) is 18.3 Å². The summed E-state index contributed by atoms with van der Waals surface area (Å²) in [5.74, 6) is 2.74. The van der Waals surface area contributed by atoms with Crippen LogP contribution in [0.3, 0.4) is 0 Å². The predicted molar refractivity (Wildman–Crippen MR) is 26.5 cm³/mol. The molecule has 1 aliphatic carbocycles. The summed E-state index contributed by atoms with van der Waals surface area (Å²) in [5, 5.41) is 0. The fraction of sp³-hybridized carbons (Fsp3) is 0.667. The zero-order valence-electron chi connectivity index (χ0n) is 4.02. The third kappa shape index (κ3) is 0.742. The van der Waals surface area contributed by atoms with Crippen LogP contribution in [0.25, 0.3) is 0 Å². The van der Waals surface area contributed by atoms with Crippen molar-refractivity contribution in [1.82, 2.24) is 0 Å². The summed E-state index contributed by atoms with van der Waals surface area (Å²) in [6, 6.07) is 0. The van der Waals surface area contributed by atoms with Gasteiger partial charge < -0.3 is 0 Å². The third-order valence-corrected chi connectivity index (χ3v) is 1.32. The molecule has 0 atom stereocenters. The van der Waals surface area contributed by atoms with Crippen LogP contribution in [-0.4, -0.2) is 6.17 Å². The van der Waals surface area contributed by atoms with Crippen LogP contribution in [-0.2, 0) is 0 Å². The molecular weight excluding hydrogens is 91.1 g/mol. The van der Waals surface area contributed by atoms with Crippen molar-refractivity contribution in [3.63, 3.8) is 0 Å². The van der Waals surface area contributed by atoms with Crippen molar-refractivity contribution in [2.75, 3.05) is 0 Å². The lowest BCUT2D eigenvalue weighted by Crippen LogP contribution is -2.22. The van der Waals surface area contributed by atoms with Gasteiger partial charge in [-0.05, 0) is 12.8 Å². The van der Waals surface area contributed by atoms with Crippen molar-refractivity contribution in [3.05, 3.63) is 0 Å². The minimum atomic E-state index is -0.596. The molecule has 7 heavy (non-hydrogen) atoms. The van der Waals surface area contributed by atoms with E-state index in [1.54, 1.807) is 0 Å². The summed E-state index contributed by atoms with van der Waals surface area (Å²) in [6.07, 6.45) is 5.57. The Labute approximate surface area is 42.7 Å². The topological polar surface area (TPSA) is 0 Å². The zero-order chi connectivity index (χ0) is 5.28. The van der Waals surface area contributed by atoms with Crippen LogP contribution in [0.1, 0.15) is 12.8 Å². The van der Waals surface area contributed by atoms with Gasteiger partial charge in [0.25, 0.3) is 0 Å². The van der Waals surface area contributed by atoms with Crippen LogP contribution >= 0.6 is 0 Å². The van der Waals surface area contributed by atoms with Gasteiger partial charge in [-0.1, -0.05) is 0 Å². The van der Waals surface area contributed by atoms with E-state index in [-0.39, 0.29) is 5.92 Å². The first-order valence-electron chi connectivity index (χ1n) is 2.43. The van der Waals surface area contributed by atoms with Gasteiger partial charge in [0.15, 0.2) is 0 Å². The molecule has 1 fully saturated rings. The van der Waals surface area contributed by atoms with Gasteiger partial charge in [0, 0.05) is 5.92 Å². The lowest BCUT2D eigenvalue weighted by molar-refractivity contribution is 0.168. The van der Waals surface area contributed by atoms with E-state index in [9.17, 15) is 4.39 Å². The Morgan fingerprint density at radius 3 is 2.29 bits per heavy atom. The molecule has 0 amide bonds. The monoisotopic (exact) mass is 98.1 g/mol.